The topological polar surface area (TPSA) is 64.1 Å². The molecule has 0 atom stereocenters. The fourth-order valence-electron chi connectivity index (χ4n) is 2.01. The number of benzene rings is 1. The van der Waals surface area contributed by atoms with E-state index in [9.17, 15) is 0 Å². The van der Waals surface area contributed by atoms with Crippen LogP contribution >= 0.6 is 0 Å². The lowest BCUT2D eigenvalue weighted by molar-refractivity contribution is 0.278. The summed E-state index contributed by atoms with van der Waals surface area (Å²) in [5.74, 6) is 0.467. The van der Waals surface area contributed by atoms with Crippen molar-refractivity contribution in [2.45, 2.75) is 6.54 Å². The molecule has 5 heteroatoms. The molecule has 0 spiro atoms. The molecule has 5 nitrogen and oxygen atoms in total. The van der Waals surface area contributed by atoms with Crippen molar-refractivity contribution in [1.29, 1.82) is 0 Å². The summed E-state index contributed by atoms with van der Waals surface area (Å²) in [7, 11) is 0. The number of aromatic nitrogens is 3. The summed E-state index contributed by atoms with van der Waals surface area (Å²) in [6.45, 7) is 0.574. The van der Waals surface area contributed by atoms with E-state index in [4.69, 9.17) is 9.52 Å². The van der Waals surface area contributed by atoms with Crippen molar-refractivity contribution in [3.63, 3.8) is 0 Å². The number of aliphatic hydroxyl groups is 1. The minimum Gasteiger partial charge on any atom is -0.422 e. The van der Waals surface area contributed by atoms with Gasteiger partial charge in [0.05, 0.1) is 6.61 Å². The van der Waals surface area contributed by atoms with Crippen molar-refractivity contribution in [2.24, 2.45) is 0 Å². The fraction of sp³-hybridized carbons (Fsp3) is 0.167. The van der Waals surface area contributed by atoms with E-state index in [1.807, 2.05) is 34.9 Å². The van der Waals surface area contributed by atoms with E-state index in [-0.39, 0.29) is 6.61 Å². The number of nitrogens with zero attached hydrogens (tertiary/aromatic N) is 3. The first-order chi connectivity index (χ1) is 8.40. The summed E-state index contributed by atoms with van der Waals surface area (Å²) in [6, 6.07) is 9.95. The van der Waals surface area contributed by atoms with Gasteiger partial charge in [0, 0.05) is 17.4 Å². The highest BCUT2D eigenvalue weighted by atomic mass is 16.4. The number of hydrogen-bond donors (Lipinski definition) is 1. The second-order valence-electron chi connectivity index (χ2n) is 3.71. The molecule has 0 saturated heterocycles. The summed E-state index contributed by atoms with van der Waals surface area (Å²) in [5, 5.41) is 17.8. The number of para-hydroxylation sites is 1. The zero-order valence-corrected chi connectivity index (χ0v) is 9.08. The molecule has 2 aromatic heterocycles. The van der Waals surface area contributed by atoms with Crippen LogP contribution in [0.5, 0.6) is 0 Å². The Morgan fingerprint density at radius 1 is 1.29 bits per heavy atom. The molecule has 0 unspecified atom stereocenters. The molecule has 3 aromatic rings. The second kappa shape index (κ2) is 4.03. The van der Waals surface area contributed by atoms with E-state index in [2.05, 4.69) is 10.2 Å². The van der Waals surface area contributed by atoms with Crippen molar-refractivity contribution in [1.82, 2.24) is 14.8 Å². The quantitative estimate of drug-likeness (QED) is 0.742. The lowest BCUT2D eigenvalue weighted by atomic mass is 10.2. The minimum absolute atomic E-state index is 0.0693. The van der Waals surface area contributed by atoms with Crippen LogP contribution in [0.3, 0.4) is 0 Å². The van der Waals surface area contributed by atoms with Crippen molar-refractivity contribution >= 4 is 10.9 Å². The molecule has 2 heterocycles. The van der Waals surface area contributed by atoms with Crippen LogP contribution in [0.1, 0.15) is 0 Å². The zero-order valence-electron chi connectivity index (χ0n) is 9.08. The lowest BCUT2D eigenvalue weighted by Gasteiger charge is -2.05. The molecule has 3 rings (SSSR count). The highest BCUT2D eigenvalue weighted by Crippen LogP contribution is 2.26. The molecule has 0 aliphatic rings. The van der Waals surface area contributed by atoms with Crippen LogP contribution in [0.25, 0.3) is 22.5 Å². The molecule has 0 radical (unpaired) electrons. The summed E-state index contributed by atoms with van der Waals surface area (Å²) in [4.78, 5) is 0. The van der Waals surface area contributed by atoms with Crippen LogP contribution < -0.4 is 0 Å². The van der Waals surface area contributed by atoms with E-state index in [0.717, 1.165) is 16.6 Å². The van der Waals surface area contributed by atoms with Crippen LogP contribution in [0, 0.1) is 0 Å². The van der Waals surface area contributed by atoms with Crippen LogP contribution in [0.2, 0.25) is 0 Å². The van der Waals surface area contributed by atoms with E-state index in [0.29, 0.717) is 12.4 Å². The average Bonchev–Trinajstić information content (AvgIpc) is 2.97. The molecule has 0 saturated carbocycles. The van der Waals surface area contributed by atoms with Crippen molar-refractivity contribution in [3.8, 4) is 11.6 Å². The smallest absolute Gasteiger partial charge is 0.264 e. The highest BCUT2D eigenvalue weighted by molar-refractivity contribution is 5.85. The average molecular weight is 229 g/mol. The summed E-state index contributed by atoms with van der Waals surface area (Å²) in [5.41, 5.74) is 1.88. The summed E-state index contributed by atoms with van der Waals surface area (Å²) in [6.07, 6.45) is 1.30. The van der Waals surface area contributed by atoms with E-state index >= 15 is 0 Å². The normalized spacial score (nSPS) is 11.1. The maximum Gasteiger partial charge on any atom is 0.264 e. The van der Waals surface area contributed by atoms with Crippen molar-refractivity contribution in [2.75, 3.05) is 6.61 Å². The van der Waals surface area contributed by atoms with E-state index < -0.39 is 0 Å². The van der Waals surface area contributed by atoms with Crippen LogP contribution in [-0.4, -0.2) is 26.5 Å². The van der Waals surface area contributed by atoms with Gasteiger partial charge in [0.2, 0.25) is 6.39 Å². The second-order valence-corrected chi connectivity index (χ2v) is 3.71. The first kappa shape index (κ1) is 10.0. The standard InChI is InChI=1S/C12H11N3O2/c16-6-5-15-10-4-2-1-3-9(10)7-11(15)12-14-13-8-17-12/h1-4,7-8,16H,5-6H2. The molecule has 0 aliphatic carbocycles. The molecule has 0 aliphatic heterocycles. The summed E-state index contributed by atoms with van der Waals surface area (Å²) < 4.78 is 7.19. The van der Waals surface area contributed by atoms with Gasteiger partial charge in [-0.3, -0.25) is 0 Å². The van der Waals surface area contributed by atoms with Crippen molar-refractivity contribution in [3.05, 3.63) is 36.7 Å². The van der Waals surface area contributed by atoms with Crippen LogP contribution in [-0.2, 0) is 6.54 Å². The predicted molar refractivity (Wildman–Crippen MR) is 62.3 cm³/mol. The third kappa shape index (κ3) is 1.60. The molecular weight excluding hydrogens is 218 g/mol. The van der Waals surface area contributed by atoms with Gasteiger partial charge in [-0.2, -0.15) is 0 Å². The maximum absolute atomic E-state index is 9.13. The van der Waals surface area contributed by atoms with Gasteiger partial charge in [-0.1, -0.05) is 18.2 Å². The number of hydrogen-bond acceptors (Lipinski definition) is 4. The van der Waals surface area contributed by atoms with E-state index in [1.165, 1.54) is 6.39 Å². The molecule has 1 aromatic carbocycles. The van der Waals surface area contributed by atoms with Gasteiger partial charge in [-0.05, 0) is 12.1 Å². The Labute approximate surface area is 97.3 Å². The maximum atomic E-state index is 9.13. The van der Waals surface area contributed by atoms with Gasteiger partial charge in [0.15, 0.2) is 0 Å². The third-order valence-corrected chi connectivity index (χ3v) is 2.71. The Hall–Kier alpha value is -2.14. The Bertz CT molecular complexity index is 628. The Morgan fingerprint density at radius 3 is 2.94 bits per heavy atom. The molecule has 86 valence electrons. The van der Waals surface area contributed by atoms with Gasteiger partial charge < -0.3 is 14.1 Å². The van der Waals surface area contributed by atoms with E-state index in [1.54, 1.807) is 0 Å². The molecule has 0 bridgehead atoms. The number of rotatable bonds is 3. The largest absolute Gasteiger partial charge is 0.422 e. The third-order valence-electron chi connectivity index (χ3n) is 2.71. The van der Waals surface area contributed by atoms with Crippen molar-refractivity contribution < 1.29 is 9.52 Å². The van der Waals surface area contributed by atoms with Crippen LogP contribution in [0.4, 0.5) is 0 Å². The molecule has 17 heavy (non-hydrogen) atoms. The minimum atomic E-state index is 0.0693. The monoisotopic (exact) mass is 229 g/mol. The first-order valence-electron chi connectivity index (χ1n) is 5.36. The number of fused-ring (bicyclic) bond motifs is 1. The molecule has 0 amide bonds. The van der Waals surface area contributed by atoms with Gasteiger partial charge in [0.25, 0.3) is 5.89 Å². The van der Waals surface area contributed by atoms with Crippen LogP contribution in [0.15, 0.2) is 41.1 Å². The zero-order chi connectivity index (χ0) is 11.7. The van der Waals surface area contributed by atoms with Gasteiger partial charge in [0.1, 0.15) is 5.69 Å². The fourth-order valence-corrected chi connectivity index (χ4v) is 2.01. The number of aliphatic hydroxyl groups excluding tert-OH is 1. The van der Waals surface area contributed by atoms with Gasteiger partial charge in [-0.15, -0.1) is 10.2 Å². The highest BCUT2D eigenvalue weighted by Gasteiger charge is 2.13. The first-order valence-corrected chi connectivity index (χ1v) is 5.36. The summed E-state index contributed by atoms with van der Waals surface area (Å²) >= 11 is 0. The lowest BCUT2D eigenvalue weighted by Crippen LogP contribution is -2.03. The molecule has 0 fully saturated rings. The predicted octanol–water partition coefficient (Wildman–Crippen LogP) is 1.68. The SMILES string of the molecule is OCCn1c(-c2nnco2)cc2ccccc21. The Morgan fingerprint density at radius 2 is 2.18 bits per heavy atom. The Kier molecular flexibility index (Phi) is 2.38. The van der Waals surface area contributed by atoms with Gasteiger partial charge in [-0.25, -0.2) is 0 Å². The Balaban J connectivity index is 2.26. The molecule has 1 N–H and O–H groups in total. The molecular formula is C12H11N3O2. The van der Waals surface area contributed by atoms with Gasteiger partial charge >= 0.3 is 0 Å².